The third-order valence-corrected chi connectivity index (χ3v) is 5.00. The molecule has 1 saturated heterocycles. The van der Waals surface area contributed by atoms with Crippen LogP contribution >= 0.6 is 0 Å². The van der Waals surface area contributed by atoms with Crippen molar-refractivity contribution in [1.82, 2.24) is 14.7 Å². The molecule has 0 spiro atoms. The molecule has 1 fully saturated rings. The topological polar surface area (TPSA) is 41.4 Å². The van der Waals surface area contributed by atoms with Crippen molar-refractivity contribution in [3.05, 3.63) is 47.3 Å². The van der Waals surface area contributed by atoms with Crippen molar-refractivity contribution in [2.75, 3.05) is 24.5 Å². The van der Waals surface area contributed by atoms with Crippen molar-refractivity contribution in [2.45, 2.75) is 39.7 Å². The Labute approximate surface area is 150 Å². The van der Waals surface area contributed by atoms with Gasteiger partial charge in [-0.2, -0.15) is 5.10 Å². The van der Waals surface area contributed by atoms with Crippen molar-refractivity contribution in [3.8, 4) is 0 Å². The quantitative estimate of drug-likeness (QED) is 0.859. The number of carbonyl (C=O) groups is 1. The first-order chi connectivity index (χ1) is 12.0. The largest absolute Gasteiger partial charge is 0.367 e. The fraction of sp³-hybridized carbons (Fsp3) is 0.500. The smallest absolute Gasteiger partial charge is 0.272 e. The van der Waals surface area contributed by atoms with E-state index in [0.717, 1.165) is 38.2 Å². The molecule has 0 unspecified atom stereocenters. The number of hydrogen-bond donors (Lipinski definition) is 0. The summed E-state index contributed by atoms with van der Waals surface area (Å²) in [6.45, 7) is 8.86. The van der Waals surface area contributed by atoms with Gasteiger partial charge in [-0.3, -0.25) is 9.48 Å². The van der Waals surface area contributed by atoms with Gasteiger partial charge >= 0.3 is 0 Å². The molecule has 0 bridgehead atoms. The molecule has 2 aromatic rings. The van der Waals surface area contributed by atoms with E-state index in [-0.39, 0.29) is 11.9 Å². The Morgan fingerprint density at radius 3 is 2.72 bits per heavy atom. The van der Waals surface area contributed by atoms with E-state index in [4.69, 9.17) is 0 Å². The van der Waals surface area contributed by atoms with Crippen LogP contribution in [0, 0.1) is 6.92 Å². The zero-order valence-corrected chi connectivity index (χ0v) is 15.7. The molecule has 0 N–H and O–H groups in total. The second-order valence-corrected chi connectivity index (χ2v) is 6.97. The SMILES string of the molecule is CCCc1cc(C(=O)N2CCN(c3ccccc3C)C[C@@H]2C)n(C)n1. The molecule has 0 saturated carbocycles. The maximum absolute atomic E-state index is 13.0. The third-order valence-electron chi connectivity index (χ3n) is 5.00. The molecule has 3 rings (SSSR count). The standard InChI is InChI=1S/C20H28N4O/c1-5-8-17-13-19(22(4)21-17)20(25)24-12-11-23(14-16(24)3)18-10-7-6-9-15(18)2/h6-7,9-10,13,16H,5,8,11-12,14H2,1-4H3/t16-/m0/s1. The monoisotopic (exact) mass is 340 g/mol. The highest BCUT2D eigenvalue weighted by Gasteiger charge is 2.30. The predicted molar refractivity (Wildman–Crippen MR) is 101 cm³/mol. The number of aromatic nitrogens is 2. The molecule has 25 heavy (non-hydrogen) atoms. The Morgan fingerprint density at radius 2 is 2.04 bits per heavy atom. The molecule has 1 aromatic heterocycles. The number of carbonyl (C=O) groups excluding carboxylic acids is 1. The normalized spacial score (nSPS) is 17.8. The van der Waals surface area contributed by atoms with Gasteiger partial charge in [-0.05, 0) is 38.0 Å². The molecule has 5 heteroatoms. The molecule has 1 amide bonds. The van der Waals surface area contributed by atoms with Gasteiger partial charge in [-0.15, -0.1) is 0 Å². The summed E-state index contributed by atoms with van der Waals surface area (Å²) < 4.78 is 1.73. The summed E-state index contributed by atoms with van der Waals surface area (Å²) in [6, 6.07) is 10.6. The minimum Gasteiger partial charge on any atom is -0.367 e. The number of piperazine rings is 1. The minimum atomic E-state index is 0.0919. The Kier molecular flexibility index (Phi) is 5.11. The lowest BCUT2D eigenvalue weighted by molar-refractivity contribution is 0.0663. The highest BCUT2D eigenvalue weighted by Crippen LogP contribution is 2.23. The second kappa shape index (κ2) is 7.30. The van der Waals surface area contributed by atoms with Gasteiger partial charge < -0.3 is 9.80 Å². The molecular weight excluding hydrogens is 312 g/mol. The van der Waals surface area contributed by atoms with Gasteiger partial charge in [-0.1, -0.05) is 31.5 Å². The Morgan fingerprint density at radius 1 is 1.28 bits per heavy atom. The number of para-hydroxylation sites is 1. The molecule has 134 valence electrons. The molecule has 0 radical (unpaired) electrons. The third kappa shape index (κ3) is 3.55. The first kappa shape index (κ1) is 17.5. The maximum atomic E-state index is 13.0. The van der Waals surface area contributed by atoms with Crippen molar-refractivity contribution in [1.29, 1.82) is 0 Å². The summed E-state index contributed by atoms with van der Waals surface area (Å²) in [5.41, 5.74) is 4.25. The number of hydrogen-bond acceptors (Lipinski definition) is 3. The van der Waals surface area contributed by atoms with Crippen LogP contribution in [0.5, 0.6) is 0 Å². The van der Waals surface area contributed by atoms with Gasteiger partial charge in [0.1, 0.15) is 5.69 Å². The van der Waals surface area contributed by atoms with Gasteiger partial charge in [0.2, 0.25) is 0 Å². The Balaban J connectivity index is 1.73. The average Bonchev–Trinajstić information content (AvgIpc) is 2.95. The van der Waals surface area contributed by atoms with Crippen LogP contribution in [0.25, 0.3) is 0 Å². The van der Waals surface area contributed by atoms with Crippen LogP contribution in [0.2, 0.25) is 0 Å². The zero-order valence-electron chi connectivity index (χ0n) is 15.7. The lowest BCUT2D eigenvalue weighted by Crippen LogP contribution is -2.54. The molecule has 1 atom stereocenters. The fourth-order valence-electron chi connectivity index (χ4n) is 3.65. The zero-order chi connectivity index (χ0) is 18.0. The number of rotatable bonds is 4. The summed E-state index contributed by atoms with van der Waals surface area (Å²) in [5.74, 6) is 0.0919. The van der Waals surface area contributed by atoms with E-state index in [9.17, 15) is 4.79 Å². The van der Waals surface area contributed by atoms with E-state index < -0.39 is 0 Å². The van der Waals surface area contributed by atoms with E-state index in [2.05, 4.69) is 55.0 Å². The molecule has 2 heterocycles. The lowest BCUT2D eigenvalue weighted by atomic mass is 10.1. The van der Waals surface area contributed by atoms with Crippen molar-refractivity contribution in [2.24, 2.45) is 7.05 Å². The van der Waals surface area contributed by atoms with Crippen LogP contribution in [-0.2, 0) is 13.5 Å². The summed E-state index contributed by atoms with van der Waals surface area (Å²) >= 11 is 0. The number of anilines is 1. The summed E-state index contributed by atoms with van der Waals surface area (Å²) in [5, 5.41) is 4.47. The van der Waals surface area contributed by atoms with Crippen molar-refractivity contribution >= 4 is 11.6 Å². The van der Waals surface area contributed by atoms with Crippen LogP contribution in [0.3, 0.4) is 0 Å². The number of benzene rings is 1. The van der Waals surface area contributed by atoms with E-state index in [1.807, 2.05) is 18.0 Å². The first-order valence-corrected chi connectivity index (χ1v) is 9.15. The highest BCUT2D eigenvalue weighted by atomic mass is 16.2. The van der Waals surface area contributed by atoms with Gasteiger partial charge in [0.15, 0.2) is 0 Å². The fourth-order valence-corrected chi connectivity index (χ4v) is 3.65. The molecule has 5 nitrogen and oxygen atoms in total. The highest BCUT2D eigenvalue weighted by molar-refractivity contribution is 5.93. The molecule has 0 aliphatic carbocycles. The van der Waals surface area contributed by atoms with Crippen LogP contribution in [0.1, 0.15) is 42.0 Å². The summed E-state index contributed by atoms with van der Waals surface area (Å²) in [4.78, 5) is 17.4. The predicted octanol–water partition coefficient (Wildman–Crippen LogP) is 3.03. The number of nitrogens with zero attached hydrogens (tertiary/aromatic N) is 4. The van der Waals surface area contributed by atoms with Crippen LogP contribution in [-0.4, -0.2) is 46.3 Å². The Bertz CT molecular complexity index is 752. The van der Waals surface area contributed by atoms with Crippen LogP contribution in [0.15, 0.2) is 30.3 Å². The van der Waals surface area contributed by atoms with Gasteiger partial charge in [0.05, 0.1) is 5.69 Å². The van der Waals surface area contributed by atoms with E-state index in [0.29, 0.717) is 5.69 Å². The van der Waals surface area contributed by atoms with Gasteiger partial charge in [0, 0.05) is 38.4 Å². The van der Waals surface area contributed by atoms with Crippen LogP contribution in [0.4, 0.5) is 5.69 Å². The van der Waals surface area contributed by atoms with Gasteiger partial charge in [0.25, 0.3) is 5.91 Å². The average molecular weight is 340 g/mol. The van der Waals surface area contributed by atoms with Gasteiger partial charge in [-0.25, -0.2) is 0 Å². The second-order valence-electron chi connectivity index (χ2n) is 6.97. The number of amides is 1. The molecular formula is C20H28N4O. The minimum absolute atomic E-state index is 0.0919. The first-order valence-electron chi connectivity index (χ1n) is 9.15. The van der Waals surface area contributed by atoms with Crippen molar-refractivity contribution in [3.63, 3.8) is 0 Å². The summed E-state index contributed by atoms with van der Waals surface area (Å²) in [7, 11) is 1.86. The lowest BCUT2D eigenvalue weighted by Gasteiger charge is -2.41. The van der Waals surface area contributed by atoms with E-state index in [1.165, 1.54) is 11.3 Å². The van der Waals surface area contributed by atoms with Crippen molar-refractivity contribution < 1.29 is 4.79 Å². The van der Waals surface area contributed by atoms with Crippen LogP contribution < -0.4 is 4.90 Å². The Hall–Kier alpha value is -2.30. The molecule has 1 aliphatic heterocycles. The summed E-state index contributed by atoms with van der Waals surface area (Å²) in [6.07, 6.45) is 1.95. The maximum Gasteiger partial charge on any atom is 0.272 e. The van der Waals surface area contributed by atoms with E-state index in [1.54, 1.807) is 4.68 Å². The molecule has 1 aliphatic rings. The molecule has 1 aromatic carbocycles. The van der Waals surface area contributed by atoms with E-state index >= 15 is 0 Å². The number of aryl methyl sites for hydroxylation is 3.